The Bertz CT molecular complexity index is 587. The van der Waals surface area contributed by atoms with Gasteiger partial charge in [0.1, 0.15) is 0 Å². The number of carbonyl (C=O) groups excluding carboxylic acids is 1. The highest BCUT2D eigenvalue weighted by Crippen LogP contribution is 2.34. The van der Waals surface area contributed by atoms with Gasteiger partial charge < -0.3 is 0 Å². The molecule has 0 spiro atoms. The molecule has 0 unspecified atom stereocenters. The second kappa shape index (κ2) is 5.04. The normalized spacial score (nSPS) is 10.6. The third kappa shape index (κ3) is 2.54. The lowest BCUT2D eigenvalue weighted by atomic mass is 10.0. The van der Waals surface area contributed by atoms with Gasteiger partial charge in [0, 0.05) is 15.4 Å². The van der Waals surface area contributed by atoms with Crippen molar-refractivity contribution in [3.8, 4) is 0 Å². The van der Waals surface area contributed by atoms with Crippen LogP contribution in [0.4, 0.5) is 0 Å². The summed E-state index contributed by atoms with van der Waals surface area (Å²) in [6, 6.07) is 5.90. The SMILES string of the molecule is Cc1ccc(C(=O)c2scc(Br)c2Br)c(C)c1. The Balaban J connectivity index is 2.47. The maximum atomic E-state index is 12.4. The van der Waals surface area contributed by atoms with Crippen molar-refractivity contribution in [2.75, 3.05) is 0 Å². The average Bonchev–Trinajstić information content (AvgIpc) is 2.59. The molecule has 0 aliphatic rings. The lowest BCUT2D eigenvalue weighted by Gasteiger charge is -2.05. The zero-order chi connectivity index (χ0) is 12.6. The Labute approximate surface area is 121 Å². The molecule has 0 amide bonds. The van der Waals surface area contributed by atoms with Gasteiger partial charge in [0.15, 0.2) is 0 Å². The molecule has 0 saturated carbocycles. The highest BCUT2D eigenvalue weighted by atomic mass is 79.9. The number of aryl methyl sites for hydroxylation is 2. The van der Waals surface area contributed by atoms with E-state index < -0.39 is 0 Å². The van der Waals surface area contributed by atoms with Crippen LogP contribution in [0.5, 0.6) is 0 Å². The topological polar surface area (TPSA) is 17.1 Å². The van der Waals surface area contributed by atoms with Crippen LogP contribution >= 0.6 is 43.2 Å². The van der Waals surface area contributed by atoms with Gasteiger partial charge in [-0.1, -0.05) is 23.8 Å². The van der Waals surface area contributed by atoms with E-state index in [-0.39, 0.29) is 5.78 Å². The van der Waals surface area contributed by atoms with Crippen molar-refractivity contribution in [3.63, 3.8) is 0 Å². The number of hydrogen-bond acceptors (Lipinski definition) is 2. The first kappa shape index (κ1) is 13.0. The first-order valence-corrected chi connectivity index (χ1v) is 7.51. The van der Waals surface area contributed by atoms with E-state index in [2.05, 4.69) is 31.9 Å². The van der Waals surface area contributed by atoms with Crippen molar-refractivity contribution in [1.29, 1.82) is 0 Å². The number of ketones is 1. The lowest BCUT2D eigenvalue weighted by Crippen LogP contribution is -2.02. The molecule has 0 radical (unpaired) electrons. The summed E-state index contributed by atoms with van der Waals surface area (Å²) >= 11 is 8.28. The van der Waals surface area contributed by atoms with Crippen LogP contribution in [0, 0.1) is 13.8 Å². The van der Waals surface area contributed by atoms with Crippen LogP contribution in [0.2, 0.25) is 0 Å². The molecule has 2 rings (SSSR count). The number of hydrogen-bond donors (Lipinski definition) is 0. The van der Waals surface area contributed by atoms with Gasteiger partial charge in [0.05, 0.1) is 9.35 Å². The number of thiophene rings is 1. The first-order valence-electron chi connectivity index (χ1n) is 5.05. The van der Waals surface area contributed by atoms with Crippen LogP contribution in [0.3, 0.4) is 0 Å². The molecule has 88 valence electrons. The van der Waals surface area contributed by atoms with Crippen LogP contribution in [0.1, 0.15) is 26.4 Å². The van der Waals surface area contributed by atoms with E-state index >= 15 is 0 Å². The minimum Gasteiger partial charge on any atom is -0.288 e. The molecule has 0 saturated heterocycles. The van der Waals surface area contributed by atoms with E-state index in [4.69, 9.17) is 0 Å². The molecule has 0 atom stereocenters. The quantitative estimate of drug-likeness (QED) is 0.667. The highest BCUT2D eigenvalue weighted by Gasteiger charge is 2.18. The van der Waals surface area contributed by atoms with Crippen LogP contribution < -0.4 is 0 Å². The number of halogens is 2. The molecule has 1 nitrogen and oxygen atoms in total. The van der Waals surface area contributed by atoms with Crippen molar-refractivity contribution in [1.82, 2.24) is 0 Å². The van der Waals surface area contributed by atoms with Crippen LogP contribution in [-0.4, -0.2) is 5.78 Å². The van der Waals surface area contributed by atoms with Gasteiger partial charge in [-0.2, -0.15) is 0 Å². The van der Waals surface area contributed by atoms with Gasteiger partial charge in [-0.3, -0.25) is 4.79 Å². The van der Waals surface area contributed by atoms with Crippen molar-refractivity contribution in [3.05, 3.63) is 54.1 Å². The number of rotatable bonds is 2. The molecule has 17 heavy (non-hydrogen) atoms. The molecule has 2 aromatic rings. The zero-order valence-corrected chi connectivity index (χ0v) is 13.4. The van der Waals surface area contributed by atoms with Gasteiger partial charge in [-0.05, 0) is 51.3 Å². The Morgan fingerprint density at radius 2 is 1.94 bits per heavy atom. The summed E-state index contributed by atoms with van der Waals surface area (Å²) < 4.78 is 1.77. The smallest absolute Gasteiger partial charge is 0.204 e. The number of benzene rings is 1. The molecule has 0 fully saturated rings. The fourth-order valence-electron chi connectivity index (χ4n) is 1.67. The van der Waals surface area contributed by atoms with Crippen molar-refractivity contribution >= 4 is 49.0 Å². The van der Waals surface area contributed by atoms with E-state index in [9.17, 15) is 4.79 Å². The van der Waals surface area contributed by atoms with Crippen molar-refractivity contribution in [2.45, 2.75) is 13.8 Å². The van der Waals surface area contributed by atoms with Crippen molar-refractivity contribution in [2.24, 2.45) is 0 Å². The summed E-state index contributed by atoms with van der Waals surface area (Å²) in [5.74, 6) is 0.0741. The summed E-state index contributed by atoms with van der Waals surface area (Å²) in [4.78, 5) is 13.1. The molecule has 4 heteroatoms. The number of carbonyl (C=O) groups is 1. The van der Waals surface area contributed by atoms with Gasteiger partial charge in [0.25, 0.3) is 0 Å². The predicted octanol–water partition coefficient (Wildman–Crippen LogP) is 5.12. The summed E-state index contributed by atoms with van der Waals surface area (Å²) in [5.41, 5.74) is 2.96. The third-order valence-corrected chi connectivity index (χ3v) is 6.05. The minimum absolute atomic E-state index is 0.0741. The maximum Gasteiger partial charge on any atom is 0.204 e. The summed E-state index contributed by atoms with van der Waals surface area (Å²) in [6.07, 6.45) is 0. The monoisotopic (exact) mass is 372 g/mol. The Morgan fingerprint density at radius 3 is 2.47 bits per heavy atom. The summed E-state index contributed by atoms with van der Waals surface area (Å²) in [7, 11) is 0. The van der Waals surface area contributed by atoms with E-state index in [0.717, 1.165) is 24.9 Å². The molecule has 0 aliphatic carbocycles. The Kier molecular flexibility index (Phi) is 3.85. The standard InChI is InChI=1S/C13H10Br2OS/c1-7-3-4-9(8(2)5-7)12(16)13-11(15)10(14)6-17-13/h3-6H,1-2H3. The molecule has 1 aromatic carbocycles. The van der Waals surface area contributed by atoms with E-state index in [1.54, 1.807) is 0 Å². The molecule has 0 bridgehead atoms. The molecular weight excluding hydrogens is 364 g/mol. The van der Waals surface area contributed by atoms with Crippen LogP contribution in [-0.2, 0) is 0 Å². The van der Waals surface area contributed by atoms with Gasteiger partial charge in [-0.15, -0.1) is 11.3 Å². The minimum atomic E-state index is 0.0741. The molecule has 0 N–H and O–H groups in total. The van der Waals surface area contributed by atoms with Crippen molar-refractivity contribution < 1.29 is 4.79 Å². The van der Waals surface area contributed by atoms with Crippen LogP contribution in [0.25, 0.3) is 0 Å². The second-order valence-corrected chi connectivity index (χ2v) is 6.40. The second-order valence-electron chi connectivity index (χ2n) is 3.87. The van der Waals surface area contributed by atoms with Gasteiger partial charge >= 0.3 is 0 Å². The molecule has 1 aromatic heterocycles. The van der Waals surface area contributed by atoms with Gasteiger partial charge in [-0.25, -0.2) is 0 Å². The van der Waals surface area contributed by atoms with E-state index in [1.165, 1.54) is 16.9 Å². The lowest BCUT2D eigenvalue weighted by molar-refractivity contribution is 0.104. The maximum absolute atomic E-state index is 12.4. The van der Waals surface area contributed by atoms with Crippen LogP contribution in [0.15, 0.2) is 32.5 Å². The molecular formula is C13H10Br2OS. The molecule has 0 aliphatic heterocycles. The fraction of sp³-hybridized carbons (Fsp3) is 0.154. The Hall–Kier alpha value is -0.450. The average molecular weight is 374 g/mol. The fourth-order valence-corrected chi connectivity index (χ4v) is 3.77. The zero-order valence-electron chi connectivity index (χ0n) is 9.38. The highest BCUT2D eigenvalue weighted by molar-refractivity contribution is 9.13. The van der Waals surface area contributed by atoms with E-state index in [1.807, 2.05) is 37.4 Å². The summed E-state index contributed by atoms with van der Waals surface area (Å²) in [6.45, 7) is 4.00. The Morgan fingerprint density at radius 1 is 1.24 bits per heavy atom. The third-order valence-electron chi connectivity index (χ3n) is 2.52. The molecule has 1 heterocycles. The predicted molar refractivity (Wildman–Crippen MR) is 79.1 cm³/mol. The summed E-state index contributed by atoms with van der Waals surface area (Å²) in [5, 5.41) is 1.92. The van der Waals surface area contributed by atoms with Gasteiger partial charge in [0.2, 0.25) is 5.78 Å². The largest absolute Gasteiger partial charge is 0.288 e. The van der Waals surface area contributed by atoms with E-state index in [0.29, 0.717) is 0 Å². The first-order chi connectivity index (χ1) is 8.00.